The normalized spacial score (nSPS) is 15.7. The zero-order valence-corrected chi connectivity index (χ0v) is 21.5. The van der Waals surface area contributed by atoms with Gasteiger partial charge in [0.15, 0.2) is 0 Å². The monoisotopic (exact) mass is 554 g/mol. The van der Waals surface area contributed by atoms with Gasteiger partial charge in [-0.2, -0.15) is 23.4 Å². The molecule has 3 heterocycles. The molecular weight excluding hydrogens is 529 g/mol. The highest BCUT2D eigenvalue weighted by Crippen LogP contribution is 2.48. The van der Waals surface area contributed by atoms with Gasteiger partial charge in [-0.05, 0) is 55.6 Å². The summed E-state index contributed by atoms with van der Waals surface area (Å²) in [6, 6.07) is 12.6. The summed E-state index contributed by atoms with van der Waals surface area (Å²) in [5.41, 5.74) is 5.56. The molecule has 0 unspecified atom stereocenters. The number of amides is 1. The molecule has 0 bridgehead atoms. The fraction of sp³-hybridized carbons (Fsp3) is 0.259. The quantitative estimate of drug-likeness (QED) is 0.296. The van der Waals surface area contributed by atoms with Crippen molar-refractivity contribution in [1.82, 2.24) is 15.2 Å². The van der Waals surface area contributed by atoms with Crippen LogP contribution in [0.5, 0.6) is 11.5 Å². The lowest BCUT2D eigenvalue weighted by Gasteiger charge is -2.37. The van der Waals surface area contributed by atoms with Gasteiger partial charge in [-0.25, -0.2) is 4.98 Å². The van der Waals surface area contributed by atoms with E-state index in [0.717, 1.165) is 6.42 Å². The number of hydrogen-bond acceptors (Lipinski definition) is 8. The minimum absolute atomic E-state index is 0.0190. The Morgan fingerprint density at radius 3 is 2.69 bits per heavy atom. The lowest BCUT2D eigenvalue weighted by Crippen LogP contribution is -2.40. The second-order valence-corrected chi connectivity index (χ2v) is 9.92. The molecule has 0 saturated carbocycles. The molecule has 5 rings (SSSR count). The zero-order valence-electron chi connectivity index (χ0n) is 20.7. The van der Waals surface area contributed by atoms with E-state index in [1.165, 1.54) is 35.9 Å². The van der Waals surface area contributed by atoms with Crippen LogP contribution in [0.1, 0.15) is 28.9 Å². The van der Waals surface area contributed by atoms with E-state index in [9.17, 15) is 18.0 Å². The first-order valence-electron chi connectivity index (χ1n) is 12.3. The SMILES string of the molecule is NC[C@@H]1CCCN(c2c(NC(=O)c3csc(-c4ccnnc4)n3)ccc(Oc3ccccc3)c2C(F)(F)F)C1. The summed E-state index contributed by atoms with van der Waals surface area (Å²) in [4.78, 5) is 19.2. The molecule has 2 aromatic heterocycles. The third kappa shape index (κ3) is 6.02. The number of aromatic nitrogens is 3. The molecule has 1 fully saturated rings. The number of para-hydroxylation sites is 1. The van der Waals surface area contributed by atoms with Crippen LogP contribution in [0.3, 0.4) is 0 Å². The van der Waals surface area contributed by atoms with Crippen molar-refractivity contribution in [2.24, 2.45) is 11.7 Å². The molecule has 8 nitrogen and oxygen atoms in total. The number of thiazole rings is 1. The van der Waals surface area contributed by atoms with E-state index in [-0.39, 0.29) is 34.5 Å². The van der Waals surface area contributed by atoms with E-state index in [2.05, 4.69) is 20.5 Å². The lowest BCUT2D eigenvalue weighted by molar-refractivity contribution is -0.138. The fourth-order valence-corrected chi connectivity index (χ4v) is 5.34. The van der Waals surface area contributed by atoms with Crippen LogP contribution in [0.4, 0.5) is 24.5 Å². The Balaban J connectivity index is 1.55. The molecule has 202 valence electrons. The van der Waals surface area contributed by atoms with Gasteiger partial charge in [0.1, 0.15) is 27.8 Å². The van der Waals surface area contributed by atoms with Crippen LogP contribution in [0.2, 0.25) is 0 Å². The number of carbonyl (C=O) groups excluding carboxylic acids is 1. The highest BCUT2D eigenvalue weighted by molar-refractivity contribution is 7.13. The molecule has 1 atom stereocenters. The second kappa shape index (κ2) is 11.4. The number of benzene rings is 2. The topological polar surface area (TPSA) is 106 Å². The molecule has 1 aliphatic heterocycles. The highest BCUT2D eigenvalue weighted by Gasteiger charge is 2.41. The van der Waals surface area contributed by atoms with Crippen LogP contribution in [0.15, 0.2) is 66.3 Å². The first kappa shape index (κ1) is 26.6. The van der Waals surface area contributed by atoms with Crippen LogP contribution >= 0.6 is 11.3 Å². The van der Waals surface area contributed by atoms with Gasteiger partial charge in [0, 0.05) is 24.0 Å². The maximum absolute atomic E-state index is 14.7. The minimum Gasteiger partial charge on any atom is -0.457 e. The molecule has 1 aliphatic rings. The van der Waals surface area contributed by atoms with Crippen molar-refractivity contribution < 1.29 is 22.7 Å². The van der Waals surface area contributed by atoms with Gasteiger partial charge >= 0.3 is 6.18 Å². The number of rotatable bonds is 7. The number of anilines is 2. The summed E-state index contributed by atoms with van der Waals surface area (Å²) in [6.45, 7) is 1.06. The average molecular weight is 555 g/mol. The van der Waals surface area contributed by atoms with Crippen LogP contribution in [0, 0.1) is 5.92 Å². The lowest BCUT2D eigenvalue weighted by atomic mass is 9.96. The van der Waals surface area contributed by atoms with Crippen LogP contribution in [-0.4, -0.2) is 40.7 Å². The molecule has 2 aromatic carbocycles. The number of piperidine rings is 1. The average Bonchev–Trinajstić information content (AvgIpc) is 3.45. The molecule has 1 amide bonds. The van der Waals surface area contributed by atoms with Gasteiger partial charge in [-0.1, -0.05) is 18.2 Å². The van der Waals surface area contributed by atoms with E-state index in [4.69, 9.17) is 10.5 Å². The van der Waals surface area contributed by atoms with E-state index in [1.807, 2.05) is 0 Å². The Morgan fingerprint density at radius 2 is 1.97 bits per heavy atom. The summed E-state index contributed by atoms with van der Waals surface area (Å²) in [5.74, 6) is -0.683. The maximum atomic E-state index is 14.7. The fourth-order valence-electron chi connectivity index (χ4n) is 4.55. The highest BCUT2D eigenvalue weighted by atomic mass is 32.1. The first-order chi connectivity index (χ1) is 18.8. The van der Waals surface area contributed by atoms with Crippen LogP contribution in [0.25, 0.3) is 10.6 Å². The Labute approximate surface area is 226 Å². The Morgan fingerprint density at radius 1 is 1.15 bits per heavy atom. The summed E-state index contributed by atoms with van der Waals surface area (Å²) < 4.78 is 49.8. The van der Waals surface area contributed by atoms with Crippen molar-refractivity contribution in [3.8, 4) is 22.1 Å². The first-order valence-corrected chi connectivity index (χ1v) is 13.2. The predicted octanol–water partition coefficient (Wildman–Crippen LogP) is 5.84. The van der Waals surface area contributed by atoms with Gasteiger partial charge in [-0.3, -0.25) is 4.79 Å². The molecule has 39 heavy (non-hydrogen) atoms. The number of hydrogen-bond donors (Lipinski definition) is 2. The van der Waals surface area contributed by atoms with E-state index in [0.29, 0.717) is 36.6 Å². The Hall–Kier alpha value is -4.03. The van der Waals surface area contributed by atoms with Gasteiger partial charge in [0.25, 0.3) is 5.91 Å². The van der Waals surface area contributed by atoms with Crippen molar-refractivity contribution in [3.63, 3.8) is 0 Å². The van der Waals surface area contributed by atoms with Gasteiger partial charge in [-0.15, -0.1) is 11.3 Å². The molecule has 12 heteroatoms. The summed E-state index contributed by atoms with van der Waals surface area (Å²) in [7, 11) is 0. The summed E-state index contributed by atoms with van der Waals surface area (Å²) in [6.07, 6.45) is -0.247. The standard InChI is InChI=1S/C27H25F3N6O2S/c28-27(29,30)23-22(38-19-6-2-1-3-7-19)9-8-20(24(23)36-12-4-5-17(13-31)15-36)34-25(37)21-16-39-26(35-21)18-10-11-32-33-14-18/h1-3,6-11,14,16-17H,4-5,12-13,15,31H2,(H,34,37)/t17-/m0/s1. The third-order valence-electron chi connectivity index (χ3n) is 6.38. The minimum atomic E-state index is -4.77. The number of halogens is 3. The number of alkyl halides is 3. The second-order valence-electron chi connectivity index (χ2n) is 9.06. The van der Waals surface area contributed by atoms with E-state index >= 15 is 0 Å². The maximum Gasteiger partial charge on any atom is 0.422 e. The van der Waals surface area contributed by atoms with Crippen LogP contribution < -0.4 is 20.7 Å². The molecule has 4 aromatic rings. The Kier molecular flexibility index (Phi) is 7.75. The zero-order chi connectivity index (χ0) is 27.4. The van der Waals surface area contributed by atoms with Crippen LogP contribution in [-0.2, 0) is 6.18 Å². The van der Waals surface area contributed by atoms with Crippen molar-refractivity contribution in [2.75, 3.05) is 29.9 Å². The third-order valence-corrected chi connectivity index (χ3v) is 7.27. The molecule has 0 aliphatic carbocycles. The summed E-state index contributed by atoms with van der Waals surface area (Å²) >= 11 is 1.22. The molecule has 1 saturated heterocycles. The van der Waals surface area contributed by atoms with Crippen molar-refractivity contribution in [1.29, 1.82) is 0 Å². The number of nitrogens with zero attached hydrogens (tertiary/aromatic N) is 4. The number of carbonyl (C=O) groups is 1. The van der Waals surface area contributed by atoms with Gasteiger partial charge in [0.2, 0.25) is 0 Å². The van der Waals surface area contributed by atoms with Crippen molar-refractivity contribution in [3.05, 3.63) is 77.6 Å². The molecular formula is C27H25F3N6O2S. The van der Waals surface area contributed by atoms with Gasteiger partial charge in [0.05, 0.1) is 23.8 Å². The van der Waals surface area contributed by atoms with Gasteiger partial charge < -0.3 is 20.7 Å². The van der Waals surface area contributed by atoms with Crippen molar-refractivity contribution >= 4 is 28.6 Å². The smallest absolute Gasteiger partial charge is 0.422 e. The largest absolute Gasteiger partial charge is 0.457 e. The predicted molar refractivity (Wildman–Crippen MR) is 143 cm³/mol. The molecule has 3 N–H and O–H groups in total. The van der Waals surface area contributed by atoms with E-state index in [1.54, 1.807) is 46.7 Å². The van der Waals surface area contributed by atoms with Crippen molar-refractivity contribution in [2.45, 2.75) is 19.0 Å². The summed E-state index contributed by atoms with van der Waals surface area (Å²) in [5, 5.41) is 12.3. The number of nitrogens with one attached hydrogen (secondary N) is 1. The number of ether oxygens (including phenoxy) is 1. The molecule has 0 spiro atoms. The Bertz CT molecular complexity index is 1430. The molecule has 0 radical (unpaired) electrons. The van der Waals surface area contributed by atoms with E-state index < -0.39 is 17.6 Å². The number of nitrogens with two attached hydrogens (primary N) is 1.